The lowest BCUT2D eigenvalue weighted by molar-refractivity contribution is 0.0830. The maximum absolute atomic E-state index is 13.9. The third kappa shape index (κ3) is 3.63. The summed E-state index contributed by atoms with van der Waals surface area (Å²) in [6, 6.07) is 13.2. The summed E-state index contributed by atoms with van der Waals surface area (Å²) in [7, 11) is 1.56. The number of benzene rings is 2. The number of rotatable bonds is 4. The largest absolute Gasteiger partial charge is 0.497 e. The number of amides is 1. The Balaban J connectivity index is 1.59. The third-order valence-electron chi connectivity index (χ3n) is 4.20. The van der Waals surface area contributed by atoms with Crippen LogP contribution in [-0.4, -0.2) is 40.4 Å². The Morgan fingerprint density at radius 2 is 2.14 bits per heavy atom. The molecule has 0 bridgehead atoms. The summed E-state index contributed by atoms with van der Waals surface area (Å²) in [5.74, 6) is 1.20. The van der Waals surface area contributed by atoms with E-state index in [0.717, 1.165) is 5.75 Å². The Bertz CT molecular complexity index is 1050. The van der Waals surface area contributed by atoms with E-state index in [1.165, 1.54) is 17.8 Å². The third-order valence-corrected chi connectivity index (χ3v) is 5.22. The molecule has 142 valence electrons. The molecule has 1 aromatic heterocycles. The summed E-state index contributed by atoms with van der Waals surface area (Å²) < 4.78 is 24.3. The number of aromatic nitrogens is 2. The van der Waals surface area contributed by atoms with Gasteiger partial charge in [-0.25, -0.2) is 4.39 Å². The molecule has 0 unspecified atom stereocenters. The Kier molecular flexibility index (Phi) is 5.12. The molecule has 1 aliphatic heterocycles. The molecule has 4 rings (SSSR count). The molecule has 1 fully saturated rings. The zero-order valence-electron chi connectivity index (χ0n) is 15.0. The summed E-state index contributed by atoms with van der Waals surface area (Å²) in [5.41, 5.74) is 0.796. The van der Waals surface area contributed by atoms with Crippen molar-refractivity contribution in [3.63, 3.8) is 0 Å². The zero-order chi connectivity index (χ0) is 19.5. The Hall–Kier alpha value is -3.13. The van der Waals surface area contributed by atoms with E-state index in [9.17, 15) is 9.18 Å². The molecular formula is C20H16FN3O3S. The molecular weight excluding hydrogens is 381 g/mol. The number of hydrogen-bond acceptors (Lipinski definition) is 6. The quantitative estimate of drug-likeness (QED) is 0.661. The molecule has 0 atom stereocenters. The minimum absolute atomic E-state index is 0.135. The van der Waals surface area contributed by atoms with E-state index < -0.39 is 5.82 Å². The van der Waals surface area contributed by atoms with Gasteiger partial charge in [-0.05, 0) is 30.3 Å². The van der Waals surface area contributed by atoms with E-state index in [-0.39, 0.29) is 23.2 Å². The van der Waals surface area contributed by atoms with Crippen LogP contribution in [0, 0.1) is 5.82 Å². The molecule has 1 aliphatic rings. The van der Waals surface area contributed by atoms with Crippen LogP contribution in [0.3, 0.4) is 0 Å². The Morgan fingerprint density at radius 1 is 1.29 bits per heavy atom. The van der Waals surface area contributed by atoms with Crippen LogP contribution in [0.25, 0.3) is 17.5 Å². The van der Waals surface area contributed by atoms with Gasteiger partial charge in [0.25, 0.3) is 11.8 Å². The van der Waals surface area contributed by atoms with Crippen molar-refractivity contribution in [3.05, 3.63) is 70.8 Å². The van der Waals surface area contributed by atoms with Crippen LogP contribution < -0.4 is 4.74 Å². The summed E-state index contributed by atoms with van der Waals surface area (Å²) in [4.78, 5) is 18.8. The number of thioether (sulfide) groups is 1. The average Bonchev–Trinajstić information content (AvgIpc) is 3.38. The first-order valence-corrected chi connectivity index (χ1v) is 9.53. The SMILES string of the molecule is COc1cccc(C(=O)N2CCS/C2=C/c2nc(-c3ccccc3F)no2)c1. The smallest absolute Gasteiger partial charge is 0.258 e. The fraction of sp³-hybridized carbons (Fsp3) is 0.150. The van der Waals surface area contributed by atoms with Crippen molar-refractivity contribution in [1.29, 1.82) is 0 Å². The van der Waals surface area contributed by atoms with Crippen molar-refractivity contribution < 1.29 is 18.4 Å². The van der Waals surface area contributed by atoms with Crippen molar-refractivity contribution in [2.45, 2.75) is 0 Å². The molecule has 2 heterocycles. The first-order valence-electron chi connectivity index (χ1n) is 8.55. The summed E-state index contributed by atoms with van der Waals surface area (Å²) in [6.07, 6.45) is 1.65. The van der Waals surface area contributed by atoms with E-state index in [1.54, 1.807) is 60.6 Å². The summed E-state index contributed by atoms with van der Waals surface area (Å²) in [5, 5.41) is 4.55. The molecule has 0 N–H and O–H groups in total. The highest BCUT2D eigenvalue weighted by atomic mass is 32.2. The first kappa shape index (κ1) is 18.2. The Labute approximate surface area is 165 Å². The molecule has 1 amide bonds. The van der Waals surface area contributed by atoms with Crippen LogP contribution in [-0.2, 0) is 0 Å². The average molecular weight is 397 g/mol. The number of ether oxygens (including phenoxy) is 1. The van der Waals surface area contributed by atoms with Gasteiger partial charge in [-0.1, -0.05) is 23.4 Å². The lowest BCUT2D eigenvalue weighted by Gasteiger charge is -2.17. The lowest BCUT2D eigenvalue weighted by Crippen LogP contribution is -2.26. The topological polar surface area (TPSA) is 68.5 Å². The standard InChI is InChI=1S/C20H16FN3O3S/c1-26-14-6-4-5-13(11-14)20(25)24-9-10-28-18(24)12-17-22-19(23-27-17)15-7-2-3-8-16(15)21/h2-8,11-12H,9-10H2,1H3/b18-12+. The maximum Gasteiger partial charge on any atom is 0.258 e. The van der Waals surface area contributed by atoms with Crippen molar-refractivity contribution in [3.8, 4) is 17.1 Å². The van der Waals surface area contributed by atoms with Gasteiger partial charge in [0.2, 0.25) is 5.82 Å². The predicted octanol–water partition coefficient (Wildman–Crippen LogP) is 4.07. The van der Waals surface area contributed by atoms with E-state index in [0.29, 0.717) is 22.9 Å². The monoisotopic (exact) mass is 397 g/mol. The number of nitrogens with zero attached hydrogens (tertiary/aromatic N) is 3. The summed E-state index contributed by atoms with van der Waals surface area (Å²) >= 11 is 1.52. The molecule has 0 spiro atoms. The van der Waals surface area contributed by atoms with E-state index in [2.05, 4.69) is 10.1 Å². The number of halogens is 1. The molecule has 0 radical (unpaired) electrons. The first-order chi connectivity index (χ1) is 13.7. The van der Waals surface area contributed by atoms with Gasteiger partial charge < -0.3 is 14.2 Å². The van der Waals surface area contributed by atoms with E-state index in [1.807, 2.05) is 0 Å². The van der Waals surface area contributed by atoms with Crippen LogP contribution >= 0.6 is 11.8 Å². The highest BCUT2D eigenvalue weighted by Gasteiger charge is 2.26. The fourth-order valence-electron chi connectivity index (χ4n) is 2.81. The van der Waals surface area contributed by atoms with Crippen molar-refractivity contribution >= 4 is 23.7 Å². The normalized spacial score (nSPS) is 15.2. The molecule has 28 heavy (non-hydrogen) atoms. The molecule has 0 aliphatic carbocycles. The van der Waals surface area contributed by atoms with Crippen molar-refractivity contribution in [2.24, 2.45) is 0 Å². The van der Waals surface area contributed by atoms with Gasteiger partial charge in [0, 0.05) is 23.9 Å². The number of hydrogen-bond donors (Lipinski definition) is 0. The molecule has 1 saturated heterocycles. The highest BCUT2D eigenvalue weighted by Crippen LogP contribution is 2.32. The van der Waals surface area contributed by atoms with Gasteiger partial charge in [-0.15, -0.1) is 11.8 Å². The molecule has 3 aromatic rings. The van der Waals surface area contributed by atoms with Crippen molar-refractivity contribution in [2.75, 3.05) is 19.4 Å². The Morgan fingerprint density at radius 3 is 2.96 bits per heavy atom. The lowest BCUT2D eigenvalue weighted by atomic mass is 10.2. The maximum atomic E-state index is 13.9. The highest BCUT2D eigenvalue weighted by molar-refractivity contribution is 8.03. The van der Waals surface area contributed by atoms with Crippen molar-refractivity contribution in [1.82, 2.24) is 15.0 Å². The number of carbonyl (C=O) groups is 1. The van der Waals surface area contributed by atoms with Gasteiger partial charge >= 0.3 is 0 Å². The molecule has 2 aromatic carbocycles. The second kappa shape index (κ2) is 7.85. The summed E-state index contributed by atoms with van der Waals surface area (Å²) in [6.45, 7) is 0.570. The van der Waals surface area contributed by atoms with Gasteiger partial charge in [-0.3, -0.25) is 4.79 Å². The second-order valence-electron chi connectivity index (χ2n) is 5.96. The van der Waals surface area contributed by atoms with E-state index >= 15 is 0 Å². The van der Waals surface area contributed by atoms with Crippen LogP contribution in [0.4, 0.5) is 4.39 Å². The van der Waals surface area contributed by atoms with E-state index in [4.69, 9.17) is 9.26 Å². The van der Waals surface area contributed by atoms with Crippen LogP contribution in [0.1, 0.15) is 16.2 Å². The zero-order valence-corrected chi connectivity index (χ0v) is 15.8. The second-order valence-corrected chi connectivity index (χ2v) is 7.07. The molecule has 0 saturated carbocycles. The van der Waals surface area contributed by atoms with Crippen LogP contribution in [0.2, 0.25) is 0 Å². The minimum Gasteiger partial charge on any atom is -0.497 e. The number of methoxy groups -OCH3 is 1. The molecule has 6 nitrogen and oxygen atoms in total. The van der Waals surface area contributed by atoms with Gasteiger partial charge in [-0.2, -0.15) is 4.98 Å². The van der Waals surface area contributed by atoms with Crippen LogP contribution in [0.5, 0.6) is 5.75 Å². The number of carbonyl (C=O) groups excluding carboxylic acids is 1. The predicted molar refractivity (Wildman–Crippen MR) is 104 cm³/mol. The van der Waals surface area contributed by atoms with Gasteiger partial charge in [0.15, 0.2) is 0 Å². The van der Waals surface area contributed by atoms with Gasteiger partial charge in [0.05, 0.1) is 17.7 Å². The molecule has 8 heteroatoms. The van der Waals surface area contributed by atoms with Gasteiger partial charge in [0.1, 0.15) is 11.6 Å². The minimum atomic E-state index is -0.424. The fourth-order valence-corrected chi connectivity index (χ4v) is 3.81. The van der Waals surface area contributed by atoms with Crippen LogP contribution in [0.15, 0.2) is 58.1 Å².